The summed E-state index contributed by atoms with van der Waals surface area (Å²) in [5.41, 5.74) is 1.32. The number of ketones is 2. The smallest absolute Gasteiger partial charge is 0.302 e. The number of benzene rings is 1. The van der Waals surface area contributed by atoms with Gasteiger partial charge in [-0.15, -0.1) is 0 Å². The first-order valence-electron chi connectivity index (χ1n) is 10.9. The number of primary amides is 1. The van der Waals surface area contributed by atoms with Gasteiger partial charge in [0.25, 0.3) is 5.91 Å². The Balaban J connectivity index is 2.11. The van der Waals surface area contributed by atoms with Crippen molar-refractivity contribution in [3.63, 3.8) is 0 Å². The molecule has 0 saturated carbocycles. The number of aromatic hydroxyl groups is 1. The molecule has 4 rings (SSSR count). The molecule has 3 aliphatic rings. The molecule has 0 unspecified atom stereocenters. The molecule has 1 aromatic carbocycles. The average molecular weight is 486 g/mol. The molecule has 0 aromatic heterocycles. The lowest BCUT2D eigenvalue weighted by atomic mass is 9.55. The van der Waals surface area contributed by atoms with Gasteiger partial charge in [-0.2, -0.15) is 0 Å². The minimum Gasteiger partial charge on any atom is -0.510 e. The molecule has 35 heavy (non-hydrogen) atoms. The highest BCUT2D eigenvalue weighted by molar-refractivity contribution is 6.25. The Kier molecular flexibility index (Phi) is 5.53. The largest absolute Gasteiger partial charge is 0.510 e. The maximum absolute atomic E-state index is 13.6. The van der Waals surface area contributed by atoms with Crippen LogP contribution in [-0.2, 0) is 19.1 Å². The van der Waals surface area contributed by atoms with E-state index in [2.05, 4.69) is 0 Å². The van der Waals surface area contributed by atoms with Crippen LogP contribution < -0.4 is 5.73 Å². The molecule has 6 atom stereocenters. The third kappa shape index (κ3) is 3.11. The van der Waals surface area contributed by atoms with E-state index in [1.54, 1.807) is 13.0 Å². The Hall–Kier alpha value is -3.70. The van der Waals surface area contributed by atoms with Crippen molar-refractivity contribution < 1.29 is 44.3 Å². The molecule has 1 amide bonds. The Morgan fingerprint density at radius 2 is 1.77 bits per heavy atom. The van der Waals surface area contributed by atoms with Crippen molar-refractivity contribution in [1.29, 1.82) is 0 Å². The number of rotatable bonds is 3. The van der Waals surface area contributed by atoms with Gasteiger partial charge in [0.05, 0.1) is 17.5 Å². The average Bonchev–Trinajstić information content (AvgIpc) is 2.75. The van der Waals surface area contributed by atoms with Gasteiger partial charge in [-0.3, -0.25) is 24.1 Å². The third-order valence-electron chi connectivity index (χ3n) is 7.27. The van der Waals surface area contributed by atoms with Crippen molar-refractivity contribution in [1.82, 2.24) is 4.90 Å². The highest BCUT2D eigenvalue weighted by Gasteiger charge is 2.68. The second-order valence-corrected chi connectivity index (χ2v) is 9.38. The van der Waals surface area contributed by atoms with Crippen LogP contribution in [0, 0.1) is 11.8 Å². The highest BCUT2D eigenvalue weighted by atomic mass is 16.5. The van der Waals surface area contributed by atoms with E-state index >= 15 is 0 Å². The maximum Gasteiger partial charge on any atom is 0.302 e. The first-order valence-corrected chi connectivity index (χ1v) is 10.9. The summed E-state index contributed by atoms with van der Waals surface area (Å²) in [6.45, 7) is 2.79. The lowest BCUT2D eigenvalue weighted by Crippen LogP contribution is -2.69. The summed E-state index contributed by atoms with van der Waals surface area (Å²) in [6, 6.07) is 3.12. The lowest BCUT2D eigenvalue weighted by Gasteiger charge is -2.54. The van der Waals surface area contributed by atoms with Gasteiger partial charge in [-0.25, -0.2) is 0 Å². The topological polar surface area (TPSA) is 188 Å². The number of amides is 1. The van der Waals surface area contributed by atoms with Gasteiger partial charge < -0.3 is 30.9 Å². The normalized spacial score (nSPS) is 32.2. The lowest BCUT2D eigenvalue weighted by molar-refractivity contribution is -0.179. The van der Waals surface area contributed by atoms with E-state index in [0.717, 1.165) is 6.92 Å². The highest BCUT2D eigenvalue weighted by Crippen LogP contribution is 2.56. The van der Waals surface area contributed by atoms with E-state index in [4.69, 9.17) is 10.5 Å². The molecule has 0 radical (unpaired) electrons. The van der Waals surface area contributed by atoms with E-state index in [1.165, 1.54) is 31.1 Å². The summed E-state index contributed by atoms with van der Waals surface area (Å²) in [6.07, 6.45) is -1.40. The molecule has 3 aliphatic carbocycles. The number of ether oxygens (including phenoxy) is 1. The monoisotopic (exact) mass is 486 g/mol. The van der Waals surface area contributed by atoms with Crippen molar-refractivity contribution in [2.45, 2.75) is 37.5 Å². The number of nitrogens with zero attached hydrogens (tertiary/aromatic N) is 1. The van der Waals surface area contributed by atoms with Crippen LogP contribution in [0.15, 0.2) is 40.9 Å². The molecule has 6 N–H and O–H groups in total. The fourth-order valence-electron chi connectivity index (χ4n) is 5.89. The number of aliphatic hydroxyl groups is 3. The van der Waals surface area contributed by atoms with Gasteiger partial charge in [0, 0.05) is 18.4 Å². The number of likely N-dealkylation sites (N-methyl/N-ethyl adjacent to an activating group) is 1. The first kappa shape index (κ1) is 24.4. The van der Waals surface area contributed by atoms with Crippen LogP contribution in [0.1, 0.15) is 35.7 Å². The molecular formula is C24H26N2O9. The molecule has 11 heteroatoms. The van der Waals surface area contributed by atoms with E-state index in [1.807, 2.05) is 0 Å². The summed E-state index contributed by atoms with van der Waals surface area (Å²) in [5.74, 6) is -9.78. The van der Waals surface area contributed by atoms with Gasteiger partial charge in [0.2, 0.25) is 5.78 Å². The van der Waals surface area contributed by atoms with Crippen LogP contribution >= 0.6 is 0 Å². The number of phenolic OH excluding ortho intramolecular Hbond substituents is 1. The molecule has 0 saturated heterocycles. The molecule has 11 nitrogen and oxygen atoms in total. The van der Waals surface area contributed by atoms with Gasteiger partial charge in [0.15, 0.2) is 11.4 Å². The number of phenols is 1. The molecular weight excluding hydrogens is 460 g/mol. The van der Waals surface area contributed by atoms with Crippen molar-refractivity contribution in [2.75, 3.05) is 14.1 Å². The van der Waals surface area contributed by atoms with E-state index in [0.29, 0.717) is 5.56 Å². The van der Waals surface area contributed by atoms with Gasteiger partial charge in [0.1, 0.15) is 28.9 Å². The predicted molar refractivity (Wildman–Crippen MR) is 119 cm³/mol. The Labute approximate surface area is 200 Å². The Bertz CT molecular complexity index is 1250. The summed E-state index contributed by atoms with van der Waals surface area (Å²) >= 11 is 0. The quantitative estimate of drug-likeness (QED) is 0.292. The van der Waals surface area contributed by atoms with E-state index < -0.39 is 81.6 Å². The van der Waals surface area contributed by atoms with E-state index in [9.17, 15) is 39.6 Å². The number of aliphatic hydroxyl groups excluding tert-OH is 2. The number of carbonyl (C=O) groups is 4. The Morgan fingerprint density at radius 3 is 2.31 bits per heavy atom. The van der Waals surface area contributed by atoms with Crippen molar-refractivity contribution in [3.8, 4) is 5.75 Å². The molecule has 0 aliphatic heterocycles. The standard InChI is InChI=1S/C24H26N2O9/c1-8-10-6-5-7-11(28)13(10)18(29)14-12(8)20(35-9(2)27)16-17(26(3)4)19(30)15(23(25)33)22(32)24(16,34)21(14)31/h5-8,12,16-17,20,28,30-31,34H,1-4H3,(H2,25,33)/t8-,12+,16+,17-,20-,24-/m0/s1. The van der Waals surface area contributed by atoms with Crippen LogP contribution in [0.4, 0.5) is 0 Å². The van der Waals surface area contributed by atoms with Crippen LogP contribution in [0.3, 0.4) is 0 Å². The predicted octanol–water partition coefficient (Wildman–Crippen LogP) is 0.223. The zero-order valence-electron chi connectivity index (χ0n) is 19.5. The number of nitrogens with two attached hydrogens (primary N) is 1. The van der Waals surface area contributed by atoms with E-state index in [-0.39, 0.29) is 11.3 Å². The van der Waals surface area contributed by atoms with Crippen LogP contribution in [0.25, 0.3) is 0 Å². The zero-order chi connectivity index (χ0) is 26.1. The minimum atomic E-state index is -2.94. The van der Waals surface area contributed by atoms with Crippen LogP contribution in [0.5, 0.6) is 5.75 Å². The third-order valence-corrected chi connectivity index (χ3v) is 7.27. The van der Waals surface area contributed by atoms with Crippen LogP contribution in [0.2, 0.25) is 0 Å². The fourth-order valence-corrected chi connectivity index (χ4v) is 5.89. The number of hydrogen-bond acceptors (Lipinski definition) is 10. The van der Waals surface area contributed by atoms with Crippen LogP contribution in [-0.4, -0.2) is 80.6 Å². The zero-order valence-corrected chi connectivity index (χ0v) is 19.5. The first-order chi connectivity index (χ1) is 16.3. The van der Waals surface area contributed by atoms with Crippen molar-refractivity contribution >= 4 is 23.4 Å². The number of esters is 1. The van der Waals surface area contributed by atoms with Gasteiger partial charge in [-0.1, -0.05) is 19.1 Å². The number of fused-ring (bicyclic) bond motifs is 3. The summed E-state index contributed by atoms with van der Waals surface area (Å²) < 4.78 is 5.59. The van der Waals surface area contributed by atoms with Crippen molar-refractivity contribution in [2.24, 2.45) is 17.6 Å². The number of Topliss-reactive ketones (excluding diaryl/α,β-unsaturated/α-hetero) is 2. The molecule has 186 valence electrons. The number of carbonyl (C=O) groups excluding carboxylic acids is 4. The molecule has 0 spiro atoms. The number of hydrogen-bond donors (Lipinski definition) is 5. The Morgan fingerprint density at radius 1 is 1.14 bits per heavy atom. The summed E-state index contributed by atoms with van der Waals surface area (Å²) in [5, 5.41) is 44.5. The molecule has 0 bridgehead atoms. The van der Waals surface area contributed by atoms with Crippen molar-refractivity contribution in [3.05, 3.63) is 52.0 Å². The maximum atomic E-state index is 13.6. The molecule has 0 fully saturated rings. The summed E-state index contributed by atoms with van der Waals surface area (Å²) in [4.78, 5) is 52.7. The van der Waals surface area contributed by atoms with Gasteiger partial charge in [-0.05, 0) is 31.6 Å². The van der Waals surface area contributed by atoms with Gasteiger partial charge >= 0.3 is 5.97 Å². The SMILES string of the molecule is CC(=O)O[C@H]1[C@H]2C(=C(O)[C@]3(O)C(=O)C(C(N)=O)=C(O)[C@@H](N(C)C)[C@H]13)C(=O)c1c(O)cccc1[C@@H]2C. The summed E-state index contributed by atoms with van der Waals surface area (Å²) in [7, 11) is 2.97. The second kappa shape index (κ2) is 7.92. The fraction of sp³-hybridized carbons (Fsp3) is 0.417. The second-order valence-electron chi connectivity index (χ2n) is 9.38. The minimum absolute atomic E-state index is 0.123. The molecule has 1 aromatic rings. The molecule has 0 heterocycles.